The van der Waals surface area contributed by atoms with E-state index in [9.17, 15) is 4.79 Å². The minimum Gasteiger partial charge on any atom is -0.478 e. The molecule has 90 valence electrons. The summed E-state index contributed by atoms with van der Waals surface area (Å²) in [6.07, 6.45) is 0. The molecular weight excluding hydrogens is 226 g/mol. The maximum atomic E-state index is 11.1. The highest BCUT2D eigenvalue weighted by Gasteiger charge is 2.19. The van der Waals surface area contributed by atoms with E-state index in [0.717, 1.165) is 17.3 Å². The number of aromatic nitrogens is 2. The summed E-state index contributed by atoms with van der Waals surface area (Å²) in [5.74, 6) is -0.0512. The minimum atomic E-state index is -0.905. The van der Waals surface area contributed by atoms with Crippen LogP contribution in [0.1, 0.15) is 16.1 Å². The highest BCUT2D eigenvalue weighted by molar-refractivity contribution is 7.99. The van der Waals surface area contributed by atoms with Crippen molar-refractivity contribution in [3.63, 3.8) is 0 Å². The van der Waals surface area contributed by atoms with Gasteiger partial charge in [0.2, 0.25) is 0 Å². The number of aromatic carboxylic acids is 1. The van der Waals surface area contributed by atoms with E-state index in [0.29, 0.717) is 11.3 Å². The van der Waals surface area contributed by atoms with E-state index in [4.69, 9.17) is 5.11 Å². The molecular formula is C10H17N3O2S. The lowest BCUT2D eigenvalue weighted by atomic mass is 10.3. The highest BCUT2D eigenvalue weighted by Crippen LogP contribution is 2.24. The molecule has 1 N–H and O–H groups in total. The van der Waals surface area contributed by atoms with Crippen LogP contribution in [0.3, 0.4) is 0 Å². The Balaban J connectivity index is 2.82. The lowest BCUT2D eigenvalue weighted by Gasteiger charge is -2.09. The molecule has 0 aromatic carbocycles. The van der Waals surface area contributed by atoms with Crippen molar-refractivity contribution in [2.75, 3.05) is 26.4 Å². The lowest BCUT2D eigenvalue weighted by Crippen LogP contribution is -2.15. The summed E-state index contributed by atoms with van der Waals surface area (Å²) in [5.41, 5.74) is 0.897. The fraction of sp³-hybridized carbons (Fsp3) is 0.600. The van der Waals surface area contributed by atoms with Crippen LogP contribution in [0.5, 0.6) is 0 Å². The summed E-state index contributed by atoms with van der Waals surface area (Å²) in [6, 6.07) is 0. The number of rotatable bonds is 5. The highest BCUT2D eigenvalue weighted by atomic mass is 32.2. The van der Waals surface area contributed by atoms with Gasteiger partial charge in [0.05, 0.1) is 5.69 Å². The Hall–Kier alpha value is -1.01. The number of carbonyl (C=O) groups is 1. The second kappa shape index (κ2) is 5.36. The van der Waals surface area contributed by atoms with E-state index >= 15 is 0 Å². The van der Waals surface area contributed by atoms with E-state index < -0.39 is 5.97 Å². The van der Waals surface area contributed by atoms with Crippen LogP contribution in [0.15, 0.2) is 5.03 Å². The van der Waals surface area contributed by atoms with E-state index in [1.54, 1.807) is 18.7 Å². The van der Waals surface area contributed by atoms with Gasteiger partial charge < -0.3 is 10.0 Å². The van der Waals surface area contributed by atoms with Crippen LogP contribution < -0.4 is 0 Å². The van der Waals surface area contributed by atoms with Crippen molar-refractivity contribution in [3.05, 3.63) is 11.3 Å². The van der Waals surface area contributed by atoms with E-state index in [1.807, 2.05) is 14.1 Å². The van der Waals surface area contributed by atoms with Crippen LogP contribution in [-0.2, 0) is 7.05 Å². The topological polar surface area (TPSA) is 58.4 Å². The fourth-order valence-electron chi connectivity index (χ4n) is 1.37. The number of carboxylic acid groups (broad SMARTS) is 1. The summed E-state index contributed by atoms with van der Waals surface area (Å²) in [6.45, 7) is 2.63. The zero-order valence-electron chi connectivity index (χ0n) is 10.0. The minimum absolute atomic E-state index is 0.325. The van der Waals surface area contributed by atoms with Crippen molar-refractivity contribution in [2.24, 2.45) is 7.05 Å². The Bertz CT molecular complexity index is 388. The van der Waals surface area contributed by atoms with Crippen molar-refractivity contribution < 1.29 is 9.90 Å². The number of carboxylic acids is 1. The van der Waals surface area contributed by atoms with Gasteiger partial charge in [0.1, 0.15) is 10.6 Å². The Morgan fingerprint density at radius 3 is 2.69 bits per heavy atom. The van der Waals surface area contributed by atoms with Gasteiger partial charge in [-0.25, -0.2) is 4.79 Å². The van der Waals surface area contributed by atoms with E-state index in [1.165, 1.54) is 11.8 Å². The molecule has 0 aliphatic heterocycles. The van der Waals surface area contributed by atoms with Crippen LogP contribution in [0.2, 0.25) is 0 Å². The molecule has 1 aromatic rings. The predicted octanol–water partition coefficient (Wildman–Crippen LogP) is 1.08. The molecule has 6 heteroatoms. The van der Waals surface area contributed by atoms with Gasteiger partial charge in [-0.05, 0) is 21.0 Å². The molecule has 0 radical (unpaired) electrons. The molecule has 1 heterocycles. The largest absolute Gasteiger partial charge is 0.478 e. The van der Waals surface area contributed by atoms with Crippen LogP contribution in [0.4, 0.5) is 0 Å². The Morgan fingerprint density at radius 2 is 2.19 bits per heavy atom. The van der Waals surface area contributed by atoms with Crippen LogP contribution >= 0.6 is 11.8 Å². The molecule has 0 spiro atoms. The number of hydrogen-bond donors (Lipinski definition) is 1. The zero-order valence-corrected chi connectivity index (χ0v) is 10.8. The Kier molecular flexibility index (Phi) is 4.37. The second-order valence-corrected chi connectivity index (χ2v) is 4.93. The van der Waals surface area contributed by atoms with Crippen molar-refractivity contribution >= 4 is 17.7 Å². The Labute approximate surface area is 99.4 Å². The van der Waals surface area contributed by atoms with E-state index in [-0.39, 0.29) is 0 Å². The molecule has 0 saturated heterocycles. The summed E-state index contributed by atoms with van der Waals surface area (Å²) in [4.78, 5) is 13.1. The van der Waals surface area contributed by atoms with Crippen LogP contribution in [-0.4, -0.2) is 52.1 Å². The third-order valence-corrected chi connectivity index (χ3v) is 3.29. The van der Waals surface area contributed by atoms with Gasteiger partial charge in [-0.15, -0.1) is 11.8 Å². The molecule has 0 saturated carbocycles. The van der Waals surface area contributed by atoms with Gasteiger partial charge in [0, 0.05) is 19.3 Å². The van der Waals surface area contributed by atoms with Crippen molar-refractivity contribution in [1.82, 2.24) is 14.7 Å². The zero-order chi connectivity index (χ0) is 12.3. The Morgan fingerprint density at radius 1 is 1.56 bits per heavy atom. The molecule has 0 fully saturated rings. The molecule has 16 heavy (non-hydrogen) atoms. The summed E-state index contributed by atoms with van der Waals surface area (Å²) in [7, 11) is 5.76. The molecule has 0 unspecified atom stereocenters. The van der Waals surface area contributed by atoms with Gasteiger partial charge in [-0.1, -0.05) is 0 Å². The molecule has 0 aliphatic rings. The first-order valence-electron chi connectivity index (χ1n) is 4.98. The molecule has 1 aromatic heterocycles. The second-order valence-electron chi connectivity index (χ2n) is 3.85. The van der Waals surface area contributed by atoms with E-state index in [2.05, 4.69) is 10.00 Å². The van der Waals surface area contributed by atoms with Crippen molar-refractivity contribution in [1.29, 1.82) is 0 Å². The monoisotopic (exact) mass is 243 g/mol. The predicted molar refractivity (Wildman–Crippen MR) is 64.2 cm³/mol. The molecule has 0 amide bonds. The van der Waals surface area contributed by atoms with Gasteiger partial charge in [0.25, 0.3) is 0 Å². The lowest BCUT2D eigenvalue weighted by molar-refractivity contribution is 0.0692. The van der Waals surface area contributed by atoms with Gasteiger partial charge in [-0.3, -0.25) is 4.68 Å². The average molecular weight is 243 g/mol. The number of aryl methyl sites for hydroxylation is 2. The maximum absolute atomic E-state index is 11.1. The first-order chi connectivity index (χ1) is 7.43. The number of thioether (sulfide) groups is 1. The van der Waals surface area contributed by atoms with Crippen LogP contribution in [0, 0.1) is 6.92 Å². The van der Waals surface area contributed by atoms with Crippen molar-refractivity contribution in [3.8, 4) is 0 Å². The first kappa shape index (κ1) is 13.1. The standard InChI is InChI=1S/C10H17N3O2S/c1-7-8(10(14)15)9(13(4)11-7)16-6-5-12(2)3/h5-6H2,1-4H3,(H,14,15). The smallest absolute Gasteiger partial charge is 0.340 e. The number of hydrogen-bond acceptors (Lipinski definition) is 4. The molecule has 0 atom stereocenters. The normalized spacial score (nSPS) is 11.1. The summed E-state index contributed by atoms with van der Waals surface area (Å²) < 4.78 is 1.64. The fourth-order valence-corrected chi connectivity index (χ4v) is 2.63. The average Bonchev–Trinajstić information content (AvgIpc) is 2.40. The quantitative estimate of drug-likeness (QED) is 0.784. The molecule has 0 bridgehead atoms. The van der Waals surface area contributed by atoms with Gasteiger partial charge >= 0.3 is 5.97 Å². The molecule has 0 aliphatic carbocycles. The van der Waals surface area contributed by atoms with Crippen LogP contribution in [0.25, 0.3) is 0 Å². The molecule has 5 nitrogen and oxygen atoms in total. The summed E-state index contributed by atoms with van der Waals surface area (Å²) in [5, 5.41) is 14.0. The molecule has 1 rings (SSSR count). The number of nitrogens with zero attached hydrogens (tertiary/aromatic N) is 3. The third-order valence-electron chi connectivity index (χ3n) is 2.16. The summed E-state index contributed by atoms with van der Waals surface area (Å²) >= 11 is 1.53. The maximum Gasteiger partial charge on any atom is 0.340 e. The first-order valence-corrected chi connectivity index (χ1v) is 5.96. The van der Waals surface area contributed by atoms with Crippen molar-refractivity contribution in [2.45, 2.75) is 11.9 Å². The van der Waals surface area contributed by atoms with Gasteiger partial charge in [-0.2, -0.15) is 5.10 Å². The third kappa shape index (κ3) is 2.99. The SMILES string of the molecule is Cc1nn(C)c(SCCN(C)C)c1C(=O)O. The van der Waals surface area contributed by atoms with Gasteiger partial charge in [0.15, 0.2) is 0 Å².